The molecule has 0 saturated heterocycles. The fourth-order valence-electron chi connectivity index (χ4n) is 2.85. The van der Waals surface area contributed by atoms with Gasteiger partial charge in [-0.3, -0.25) is 9.36 Å². The van der Waals surface area contributed by atoms with Gasteiger partial charge in [-0.15, -0.1) is 11.3 Å². The third kappa shape index (κ3) is 9.24. The van der Waals surface area contributed by atoms with Crippen molar-refractivity contribution >= 4 is 24.7 Å². The van der Waals surface area contributed by atoms with E-state index >= 15 is 0 Å². The van der Waals surface area contributed by atoms with E-state index in [2.05, 4.69) is 0 Å². The molecule has 0 aliphatic heterocycles. The SMILES string of the molecule is Cc1cccc(OCCCC(=O)c2ccc(CCC(C)(N)CCP(=O)(O)O)s2)c1. The van der Waals surface area contributed by atoms with Crippen LogP contribution in [-0.2, 0) is 11.0 Å². The minimum absolute atomic E-state index is 0.103. The number of Topliss-reactive ketones (excluding diaryl/α,β-unsaturated/α-hetero) is 1. The molecule has 2 aromatic rings. The van der Waals surface area contributed by atoms with E-state index in [1.54, 1.807) is 6.92 Å². The molecule has 0 aliphatic carbocycles. The molecule has 0 radical (unpaired) electrons. The number of hydrogen-bond acceptors (Lipinski definition) is 5. The first-order valence-corrected chi connectivity index (χ1v) is 12.3. The second kappa shape index (κ2) is 10.5. The number of ketones is 1. The number of benzene rings is 1. The maximum Gasteiger partial charge on any atom is 0.325 e. The van der Waals surface area contributed by atoms with Crippen molar-refractivity contribution in [3.05, 3.63) is 51.7 Å². The van der Waals surface area contributed by atoms with E-state index in [1.165, 1.54) is 11.3 Å². The van der Waals surface area contributed by atoms with Crippen molar-refractivity contribution in [2.75, 3.05) is 12.8 Å². The Labute approximate surface area is 176 Å². The van der Waals surface area contributed by atoms with E-state index in [0.29, 0.717) is 32.3 Å². The summed E-state index contributed by atoms with van der Waals surface area (Å²) in [7, 11) is -4.03. The normalized spacial score (nSPS) is 13.8. The van der Waals surface area contributed by atoms with Crippen LogP contribution in [0, 0.1) is 6.92 Å². The average Bonchev–Trinajstić information content (AvgIpc) is 3.11. The number of nitrogens with two attached hydrogens (primary N) is 1. The molecule has 0 bridgehead atoms. The van der Waals surface area contributed by atoms with Crippen LogP contribution in [0.5, 0.6) is 5.75 Å². The van der Waals surface area contributed by atoms with Crippen molar-refractivity contribution in [3.8, 4) is 5.75 Å². The lowest BCUT2D eigenvalue weighted by molar-refractivity contribution is 0.0977. The first-order chi connectivity index (χ1) is 13.5. The van der Waals surface area contributed by atoms with Crippen molar-refractivity contribution in [2.24, 2.45) is 5.73 Å². The van der Waals surface area contributed by atoms with Gasteiger partial charge in [-0.1, -0.05) is 12.1 Å². The Balaban J connectivity index is 1.74. The summed E-state index contributed by atoms with van der Waals surface area (Å²) in [5.74, 6) is 0.922. The number of thiophene rings is 1. The summed E-state index contributed by atoms with van der Waals surface area (Å²) in [5.41, 5.74) is 6.65. The second-order valence-electron chi connectivity index (χ2n) is 7.75. The zero-order chi connectivity index (χ0) is 21.5. The number of carbonyl (C=O) groups excluding carboxylic acids is 1. The molecule has 0 aliphatic rings. The van der Waals surface area contributed by atoms with Gasteiger partial charge in [0, 0.05) is 16.8 Å². The number of ether oxygens (including phenoxy) is 1. The van der Waals surface area contributed by atoms with Gasteiger partial charge in [-0.25, -0.2) is 0 Å². The molecule has 160 valence electrons. The zero-order valence-electron chi connectivity index (χ0n) is 17.0. The highest BCUT2D eigenvalue weighted by atomic mass is 32.1. The molecule has 1 aromatic heterocycles. The molecule has 0 spiro atoms. The van der Waals surface area contributed by atoms with Gasteiger partial charge in [-0.2, -0.15) is 0 Å². The predicted molar refractivity (Wildman–Crippen MR) is 117 cm³/mol. The minimum Gasteiger partial charge on any atom is -0.494 e. The predicted octanol–water partition coefficient (Wildman–Crippen LogP) is 4.32. The third-order valence-corrected chi connectivity index (χ3v) is 6.65. The van der Waals surface area contributed by atoms with E-state index in [9.17, 15) is 9.36 Å². The van der Waals surface area contributed by atoms with Crippen LogP contribution >= 0.6 is 18.9 Å². The third-order valence-electron chi connectivity index (χ3n) is 4.66. The Kier molecular flexibility index (Phi) is 8.61. The molecule has 1 heterocycles. The number of carbonyl (C=O) groups is 1. The van der Waals surface area contributed by atoms with Crippen LogP contribution in [0.3, 0.4) is 0 Å². The summed E-state index contributed by atoms with van der Waals surface area (Å²) in [5, 5.41) is 0. The smallest absolute Gasteiger partial charge is 0.325 e. The molecule has 1 unspecified atom stereocenters. The summed E-state index contributed by atoms with van der Waals surface area (Å²) in [6, 6.07) is 11.6. The summed E-state index contributed by atoms with van der Waals surface area (Å²) in [6.07, 6.45) is 2.42. The highest BCUT2D eigenvalue weighted by molar-refractivity contribution is 7.51. The van der Waals surface area contributed by atoms with Crippen molar-refractivity contribution in [3.63, 3.8) is 0 Å². The van der Waals surface area contributed by atoms with Gasteiger partial charge in [0.05, 0.1) is 17.6 Å². The minimum atomic E-state index is -4.03. The Morgan fingerprint density at radius 1 is 1.24 bits per heavy atom. The van der Waals surface area contributed by atoms with Crippen LogP contribution in [0.2, 0.25) is 0 Å². The molecule has 29 heavy (non-hydrogen) atoms. The van der Waals surface area contributed by atoms with E-state index in [0.717, 1.165) is 21.1 Å². The standard InChI is InChI=1S/C21H30NO5PS/c1-16-5-3-6-17(15-16)27-13-4-7-19(23)20-9-8-18(29-20)10-11-21(2,22)12-14-28(24,25)26/h3,5-6,8-9,15H,4,7,10-14,22H2,1-2H3,(H2,24,25,26). The molecule has 6 nitrogen and oxygen atoms in total. The van der Waals surface area contributed by atoms with Gasteiger partial charge in [0.25, 0.3) is 0 Å². The van der Waals surface area contributed by atoms with E-state index in [4.69, 9.17) is 20.3 Å². The fraction of sp³-hybridized carbons (Fsp3) is 0.476. The Hall–Kier alpha value is -1.50. The highest BCUT2D eigenvalue weighted by Crippen LogP contribution is 2.37. The summed E-state index contributed by atoms with van der Waals surface area (Å²) in [6.45, 7) is 4.31. The maximum atomic E-state index is 12.4. The van der Waals surface area contributed by atoms with E-state index in [-0.39, 0.29) is 18.4 Å². The van der Waals surface area contributed by atoms with Crippen LogP contribution in [0.1, 0.15) is 52.7 Å². The lowest BCUT2D eigenvalue weighted by atomic mass is 9.94. The van der Waals surface area contributed by atoms with Crippen molar-refractivity contribution < 1.29 is 23.9 Å². The lowest BCUT2D eigenvalue weighted by Gasteiger charge is -2.24. The number of hydrogen-bond donors (Lipinski definition) is 3. The Morgan fingerprint density at radius 2 is 2.00 bits per heavy atom. The first kappa shape index (κ1) is 23.8. The molecule has 4 N–H and O–H groups in total. The fourth-order valence-corrected chi connectivity index (χ4v) is 4.62. The monoisotopic (exact) mass is 439 g/mol. The molecular formula is C21H30NO5PS. The van der Waals surface area contributed by atoms with Gasteiger partial charge in [-0.05, 0) is 69.4 Å². The molecular weight excluding hydrogens is 409 g/mol. The van der Waals surface area contributed by atoms with Gasteiger partial charge in [0.2, 0.25) is 0 Å². The quantitative estimate of drug-likeness (QED) is 0.258. The van der Waals surface area contributed by atoms with E-state index < -0.39 is 13.1 Å². The van der Waals surface area contributed by atoms with Gasteiger partial charge < -0.3 is 20.3 Å². The molecule has 8 heteroatoms. The lowest BCUT2D eigenvalue weighted by Crippen LogP contribution is -2.37. The van der Waals surface area contributed by atoms with E-state index in [1.807, 2.05) is 43.3 Å². The van der Waals surface area contributed by atoms with Crippen LogP contribution in [-0.4, -0.2) is 33.9 Å². The van der Waals surface area contributed by atoms with Crippen molar-refractivity contribution in [2.45, 2.75) is 51.5 Å². The van der Waals surface area contributed by atoms with Gasteiger partial charge in [0.1, 0.15) is 5.75 Å². The maximum absolute atomic E-state index is 12.4. The topological polar surface area (TPSA) is 110 Å². The average molecular weight is 440 g/mol. The molecule has 0 saturated carbocycles. The second-order valence-corrected chi connectivity index (χ2v) is 10.7. The van der Waals surface area contributed by atoms with Crippen LogP contribution < -0.4 is 10.5 Å². The Morgan fingerprint density at radius 3 is 2.69 bits per heavy atom. The van der Waals surface area contributed by atoms with Crippen molar-refractivity contribution in [1.29, 1.82) is 0 Å². The summed E-state index contributed by atoms with van der Waals surface area (Å²) in [4.78, 5) is 32.2. The summed E-state index contributed by atoms with van der Waals surface area (Å²) >= 11 is 1.46. The molecule has 2 rings (SSSR count). The van der Waals surface area contributed by atoms with Crippen LogP contribution in [0.15, 0.2) is 36.4 Å². The largest absolute Gasteiger partial charge is 0.494 e. The molecule has 1 atom stereocenters. The number of rotatable bonds is 12. The van der Waals surface area contributed by atoms with Crippen LogP contribution in [0.4, 0.5) is 0 Å². The van der Waals surface area contributed by atoms with Gasteiger partial charge in [0.15, 0.2) is 5.78 Å². The van der Waals surface area contributed by atoms with Gasteiger partial charge >= 0.3 is 7.60 Å². The number of aryl methyl sites for hydroxylation is 2. The van der Waals surface area contributed by atoms with Crippen LogP contribution in [0.25, 0.3) is 0 Å². The molecule has 1 aromatic carbocycles. The molecule has 0 amide bonds. The first-order valence-electron chi connectivity index (χ1n) is 9.69. The highest BCUT2D eigenvalue weighted by Gasteiger charge is 2.24. The Bertz CT molecular complexity index is 858. The molecule has 0 fully saturated rings. The van der Waals surface area contributed by atoms with Crippen molar-refractivity contribution in [1.82, 2.24) is 0 Å². The zero-order valence-corrected chi connectivity index (χ0v) is 18.7. The summed E-state index contributed by atoms with van der Waals surface area (Å²) < 4.78 is 16.7.